The molecule has 2 aromatic heterocycles. The molecule has 0 N–H and O–H groups in total. The number of carbonyl (C=O) groups excluding carboxylic acids is 1. The molecule has 0 aliphatic rings. The van der Waals surface area contributed by atoms with Gasteiger partial charge in [-0.05, 0) is 54.6 Å². The van der Waals surface area contributed by atoms with Gasteiger partial charge in [0.25, 0.3) is 0 Å². The average molecular weight is 387 g/mol. The molecule has 0 radical (unpaired) electrons. The van der Waals surface area contributed by atoms with Crippen LogP contribution in [0.1, 0.15) is 22.0 Å². The fourth-order valence-corrected chi connectivity index (χ4v) is 2.37. The standard InChI is InChI=1S/C18H15BrN2O3/c1-21-17(10-11-20-21)18(22)9-8-15-6-7-16(24-15)12-23-14-4-2-13(19)3-5-14/h2-11H,12H2,1H3/b9-8+. The Bertz CT molecular complexity index is 863. The van der Waals surface area contributed by atoms with Crippen molar-refractivity contribution in [2.24, 2.45) is 7.05 Å². The summed E-state index contributed by atoms with van der Waals surface area (Å²) in [6.07, 6.45) is 4.69. The summed E-state index contributed by atoms with van der Waals surface area (Å²) in [5.41, 5.74) is 0.525. The van der Waals surface area contributed by atoms with Gasteiger partial charge in [0.15, 0.2) is 0 Å². The highest BCUT2D eigenvalue weighted by atomic mass is 79.9. The molecule has 0 bridgehead atoms. The monoisotopic (exact) mass is 386 g/mol. The predicted molar refractivity (Wildman–Crippen MR) is 93.8 cm³/mol. The van der Waals surface area contributed by atoms with Gasteiger partial charge in [0.1, 0.15) is 29.6 Å². The first-order chi connectivity index (χ1) is 11.6. The van der Waals surface area contributed by atoms with Crippen LogP contribution in [0, 0.1) is 0 Å². The number of carbonyl (C=O) groups is 1. The molecule has 0 spiro atoms. The number of aryl methyl sites for hydroxylation is 1. The molecule has 0 saturated heterocycles. The summed E-state index contributed by atoms with van der Waals surface area (Å²) < 4.78 is 13.8. The number of benzene rings is 1. The molecule has 0 aliphatic carbocycles. The summed E-state index contributed by atoms with van der Waals surface area (Å²) in [5.74, 6) is 1.92. The van der Waals surface area contributed by atoms with Crippen LogP contribution in [-0.4, -0.2) is 15.6 Å². The third kappa shape index (κ3) is 4.02. The predicted octanol–water partition coefficient (Wildman–Crippen LogP) is 4.25. The first kappa shape index (κ1) is 16.3. The van der Waals surface area contributed by atoms with Gasteiger partial charge in [0, 0.05) is 17.7 Å². The zero-order valence-corrected chi connectivity index (χ0v) is 14.6. The third-order valence-electron chi connectivity index (χ3n) is 3.35. The van der Waals surface area contributed by atoms with Gasteiger partial charge in [-0.3, -0.25) is 9.48 Å². The van der Waals surface area contributed by atoms with Gasteiger partial charge in [-0.2, -0.15) is 5.10 Å². The van der Waals surface area contributed by atoms with Crippen LogP contribution < -0.4 is 4.74 Å². The Kier molecular flexibility index (Phi) is 4.96. The highest BCUT2D eigenvalue weighted by molar-refractivity contribution is 9.10. The van der Waals surface area contributed by atoms with Crippen LogP contribution in [0.5, 0.6) is 5.75 Å². The number of allylic oxidation sites excluding steroid dienone is 1. The highest BCUT2D eigenvalue weighted by Gasteiger charge is 2.07. The van der Waals surface area contributed by atoms with E-state index >= 15 is 0 Å². The van der Waals surface area contributed by atoms with Crippen molar-refractivity contribution in [1.82, 2.24) is 9.78 Å². The summed E-state index contributed by atoms with van der Waals surface area (Å²) in [5, 5.41) is 3.97. The number of hydrogen-bond acceptors (Lipinski definition) is 4. The van der Waals surface area contributed by atoms with Crippen LogP contribution in [0.3, 0.4) is 0 Å². The van der Waals surface area contributed by atoms with Crippen molar-refractivity contribution in [1.29, 1.82) is 0 Å². The number of nitrogens with zero attached hydrogens (tertiary/aromatic N) is 2. The Hall–Kier alpha value is -2.60. The molecular formula is C18H15BrN2O3. The van der Waals surface area contributed by atoms with Gasteiger partial charge < -0.3 is 9.15 Å². The van der Waals surface area contributed by atoms with Crippen LogP contribution in [-0.2, 0) is 13.7 Å². The second-order valence-electron chi connectivity index (χ2n) is 5.08. The molecular weight excluding hydrogens is 372 g/mol. The Morgan fingerprint density at radius 2 is 2.04 bits per heavy atom. The van der Waals surface area contributed by atoms with Crippen LogP contribution in [0.25, 0.3) is 6.08 Å². The van der Waals surface area contributed by atoms with Crippen molar-refractivity contribution >= 4 is 27.8 Å². The van der Waals surface area contributed by atoms with Gasteiger partial charge >= 0.3 is 0 Å². The van der Waals surface area contributed by atoms with Gasteiger partial charge in [-0.15, -0.1) is 0 Å². The van der Waals surface area contributed by atoms with Crippen molar-refractivity contribution in [3.05, 3.63) is 76.4 Å². The van der Waals surface area contributed by atoms with E-state index < -0.39 is 0 Å². The quantitative estimate of drug-likeness (QED) is 0.469. The van der Waals surface area contributed by atoms with Gasteiger partial charge in [-0.25, -0.2) is 0 Å². The maximum absolute atomic E-state index is 12.0. The molecule has 5 nitrogen and oxygen atoms in total. The van der Waals surface area contributed by atoms with Gasteiger partial charge in [-0.1, -0.05) is 15.9 Å². The van der Waals surface area contributed by atoms with Crippen LogP contribution in [0.2, 0.25) is 0 Å². The molecule has 1 aromatic carbocycles. The molecule has 0 amide bonds. The molecule has 0 unspecified atom stereocenters. The van der Waals surface area contributed by atoms with E-state index in [2.05, 4.69) is 21.0 Å². The fraction of sp³-hybridized carbons (Fsp3) is 0.111. The Morgan fingerprint density at radius 1 is 1.25 bits per heavy atom. The lowest BCUT2D eigenvalue weighted by Crippen LogP contribution is -2.03. The van der Waals surface area contributed by atoms with E-state index in [0.29, 0.717) is 23.8 Å². The molecule has 2 heterocycles. The lowest BCUT2D eigenvalue weighted by Gasteiger charge is -2.03. The minimum absolute atomic E-state index is 0.126. The normalized spacial score (nSPS) is 11.1. The topological polar surface area (TPSA) is 57.3 Å². The lowest BCUT2D eigenvalue weighted by atomic mass is 10.2. The molecule has 24 heavy (non-hydrogen) atoms. The minimum Gasteiger partial charge on any atom is -0.486 e. The van der Waals surface area contributed by atoms with E-state index in [1.165, 1.54) is 10.8 Å². The highest BCUT2D eigenvalue weighted by Crippen LogP contribution is 2.18. The first-order valence-electron chi connectivity index (χ1n) is 7.29. The zero-order valence-electron chi connectivity index (χ0n) is 13.0. The Balaban J connectivity index is 1.59. The number of halogens is 1. The van der Waals surface area contributed by atoms with Gasteiger partial charge in [0.05, 0.1) is 0 Å². The van der Waals surface area contributed by atoms with E-state index in [1.54, 1.807) is 31.5 Å². The summed E-state index contributed by atoms with van der Waals surface area (Å²) in [6, 6.07) is 12.9. The molecule has 0 aliphatic heterocycles. The van der Waals surface area contributed by atoms with Crippen LogP contribution in [0.4, 0.5) is 0 Å². The fourth-order valence-electron chi connectivity index (χ4n) is 2.11. The molecule has 122 valence electrons. The van der Waals surface area contributed by atoms with Crippen molar-refractivity contribution in [2.75, 3.05) is 0 Å². The average Bonchev–Trinajstić information content (AvgIpc) is 3.21. The summed E-state index contributed by atoms with van der Waals surface area (Å²) >= 11 is 3.38. The van der Waals surface area contributed by atoms with E-state index in [9.17, 15) is 4.79 Å². The first-order valence-corrected chi connectivity index (χ1v) is 8.08. The SMILES string of the molecule is Cn1nccc1C(=O)/C=C/c1ccc(COc2ccc(Br)cc2)o1. The largest absolute Gasteiger partial charge is 0.486 e. The summed E-state index contributed by atoms with van der Waals surface area (Å²) in [7, 11) is 1.73. The maximum atomic E-state index is 12.0. The lowest BCUT2D eigenvalue weighted by molar-refractivity contribution is 0.103. The van der Waals surface area contributed by atoms with E-state index in [-0.39, 0.29) is 5.78 Å². The molecule has 0 atom stereocenters. The third-order valence-corrected chi connectivity index (χ3v) is 3.88. The Labute approximate surface area is 147 Å². The molecule has 3 rings (SSSR count). The molecule has 3 aromatic rings. The van der Waals surface area contributed by atoms with Crippen LogP contribution >= 0.6 is 15.9 Å². The second-order valence-corrected chi connectivity index (χ2v) is 6.00. The smallest absolute Gasteiger partial charge is 0.203 e. The zero-order chi connectivity index (χ0) is 16.9. The number of furan rings is 1. The van der Waals surface area contributed by atoms with Crippen LogP contribution in [0.15, 0.2) is 63.6 Å². The van der Waals surface area contributed by atoms with Crippen molar-refractivity contribution in [3.63, 3.8) is 0 Å². The number of hydrogen-bond donors (Lipinski definition) is 0. The number of ether oxygens (including phenoxy) is 1. The van der Waals surface area contributed by atoms with E-state index in [1.807, 2.05) is 30.3 Å². The van der Waals surface area contributed by atoms with E-state index in [0.717, 1.165) is 10.2 Å². The van der Waals surface area contributed by atoms with Gasteiger partial charge in [0.2, 0.25) is 5.78 Å². The van der Waals surface area contributed by atoms with Crippen molar-refractivity contribution < 1.29 is 13.9 Å². The minimum atomic E-state index is -0.126. The number of rotatable bonds is 6. The van der Waals surface area contributed by atoms with E-state index in [4.69, 9.17) is 9.15 Å². The summed E-state index contributed by atoms with van der Waals surface area (Å²) in [6.45, 7) is 0.325. The molecule has 0 saturated carbocycles. The van der Waals surface area contributed by atoms with Crippen molar-refractivity contribution in [2.45, 2.75) is 6.61 Å². The Morgan fingerprint density at radius 3 is 2.75 bits per heavy atom. The number of aromatic nitrogens is 2. The molecule has 6 heteroatoms. The number of ketones is 1. The van der Waals surface area contributed by atoms with Crippen molar-refractivity contribution in [3.8, 4) is 5.75 Å². The molecule has 0 fully saturated rings. The summed E-state index contributed by atoms with van der Waals surface area (Å²) in [4.78, 5) is 12.0. The second kappa shape index (κ2) is 7.31. The maximum Gasteiger partial charge on any atom is 0.203 e.